The maximum Gasteiger partial charge on any atom is 0.261 e. The Kier molecular flexibility index (Phi) is 6.65. The van der Waals surface area contributed by atoms with Gasteiger partial charge in [0.1, 0.15) is 0 Å². The van der Waals surface area contributed by atoms with Crippen LogP contribution in [-0.2, 0) is 11.3 Å². The molecule has 1 atom stereocenters. The van der Waals surface area contributed by atoms with Crippen molar-refractivity contribution in [1.29, 1.82) is 0 Å². The summed E-state index contributed by atoms with van der Waals surface area (Å²) < 4.78 is 17.2. The molecule has 7 nitrogen and oxygen atoms in total. The molecule has 146 valence electrons. The molecular weight excluding hydrogens is 426 g/mol. The Hall–Kier alpha value is -2.87. The quantitative estimate of drug-likeness (QED) is 0.564. The summed E-state index contributed by atoms with van der Waals surface area (Å²) in [6, 6.07) is 14.8. The number of hydrogen-bond donors (Lipinski definition) is 1. The summed E-state index contributed by atoms with van der Waals surface area (Å²) in [6.07, 6.45) is -0.166. The average molecular weight is 446 g/mol. The summed E-state index contributed by atoms with van der Waals surface area (Å²) in [5.41, 5.74) is 0.821. The van der Waals surface area contributed by atoms with Crippen LogP contribution in [0, 0.1) is 0 Å². The fourth-order valence-electron chi connectivity index (χ4n) is 2.54. The minimum Gasteiger partial charge on any atom is -0.493 e. The van der Waals surface area contributed by atoms with Crippen LogP contribution < -0.4 is 14.8 Å². The number of rotatable bonds is 8. The first kappa shape index (κ1) is 19.9. The van der Waals surface area contributed by atoms with Gasteiger partial charge in [-0.1, -0.05) is 52.3 Å². The number of carbonyl (C=O) groups is 1. The van der Waals surface area contributed by atoms with Gasteiger partial charge in [0.2, 0.25) is 11.7 Å². The van der Waals surface area contributed by atoms with Crippen LogP contribution in [0.25, 0.3) is 11.4 Å². The van der Waals surface area contributed by atoms with Crippen molar-refractivity contribution < 1.29 is 18.8 Å². The van der Waals surface area contributed by atoms with Gasteiger partial charge in [0.25, 0.3) is 5.91 Å². The van der Waals surface area contributed by atoms with Gasteiger partial charge in [0.05, 0.1) is 13.7 Å². The van der Waals surface area contributed by atoms with Crippen LogP contribution in [0.5, 0.6) is 11.5 Å². The molecule has 0 saturated heterocycles. The second-order valence-corrected chi connectivity index (χ2v) is 6.82. The van der Waals surface area contributed by atoms with E-state index < -0.39 is 6.10 Å². The minimum absolute atomic E-state index is 0.117. The van der Waals surface area contributed by atoms with Gasteiger partial charge in [-0.05, 0) is 30.7 Å². The fourth-order valence-corrected chi connectivity index (χ4v) is 2.94. The number of halogens is 1. The third kappa shape index (κ3) is 4.89. The first-order valence-corrected chi connectivity index (χ1v) is 9.56. The van der Waals surface area contributed by atoms with Gasteiger partial charge in [-0.15, -0.1) is 0 Å². The van der Waals surface area contributed by atoms with Crippen LogP contribution in [0.4, 0.5) is 0 Å². The predicted octanol–water partition coefficient (Wildman–Crippen LogP) is 3.98. The molecule has 2 aromatic carbocycles. The van der Waals surface area contributed by atoms with E-state index in [1.807, 2.05) is 43.3 Å². The van der Waals surface area contributed by atoms with Crippen LogP contribution in [0.1, 0.15) is 19.2 Å². The van der Waals surface area contributed by atoms with Gasteiger partial charge in [0, 0.05) is 10.0 Å². The van der Waals surface area contributed by atoms with Gasteiger partial charge in [-0.2, -0.15) is 4.98 Å². The third-order valence-electron chi connectivity index (χ3n) is 3.97. The molecule has 0 aliphatic carbocycles. The number of aromatic nitrogens is 2. The highest BCUT2D eigenvalue weighted by Crippen LogP contribution is 2.27. The number of methoxy groups -OCH3 is 1. The largest absolute Gasteiger partial charge is 0.493 e. The van der Waals surface area contributed by atoms with E-state index in [0.717, 1.165) is 10.0 Å². The summed E-state index contributed by atoms with van der Waals surface area (Å²) in [6.45, 7) is 1.99. The summed E-state index contributed by atoms with van der Waals surface area (Å²) in [5, 5.41) is 6.73. The number of nitrogens with one attached hydrogen (secondary N) is 1. The minimum atomic E-state index is -0.663. The van der Waals surface area contributed by atoms with Gasteiger partial charge in [0.15, 0.2) is 17.6 Å². The highest BCUT2D eigenvalue weighted by atomic mass is 79.9. The Morgan fingerprint density at radius 2 is 2.00 bits per heavy atom. The summed E-state index contributed by atoms with van der Waals surface area (Å²) >= 11 is 3.41. The second kappa shape index (κ2) is 9.36. The summed E-state index contributed by atoms with van der Waals surface area (Å²) in [7, 11) is 1.56. The molecule has 0 aliphatic heterocycles. The number of ether oxygens (including phenoxy) is 2. The molecule has 0 fully saturated rings. The lowest BCUT2D eigenvalue weighted by molar-refractivity contribution is -0.128. The fraction of sp³-hybridized carbons (Fsp3) is 0.250. The van der Waals surface area contributed by atoms with Crippen LogP contribution in [-0.4, -0.2) is 29.3 Å². The van der Waals surface area contributed by atoms with E-state index in [-0.39, 0.29) is 12.5 Å². The Morgan fingerprint density at radius 1 is 1.21 bits per heavy atom. The Bertz CT molecular complexity index is 944. The van der Waals surface area contributed by atoms with Crippen molar-refractivity contribution in [2.75, 3.05) is 7.11 Å². The van der Waals surface area contributed by atoms with E-state index >= 15 is 0 Å². The topological polar surface area (TPSA) is 86.5 Å². The molecule has 0 saturated carbocycles. The summed E-state index contributed by atoms with van der Waals surface area (Å²) in [5.74, 6) is 1.60. The normalized spacial score (nSPS) is 11.7. The number of amides is 1. The van der Waals surface area contributed by atoms with Crippen LogP contribution >= 0.6 is 15.9 Å². The van der Waals surface area contributed by atoms with E-state index in [2.05, 4.69) is 31.4 Å². The standard InChI is InChI=1S/C20H20BrN3O4/c1-3-15(27-17-10-5-4-9-16(17)26-2)20(25)22-12-18-23-19(24-28-18)13-7-6-8-14(21)11-13/h4-11,15H,3,12H2,1-2H3,(H,22,25). The van der Waals surface area contributed by atoms with Gasteiger partial charge < -0.3 is 19.3 Å². The Balaban J connectivity index is 1.61. The predicted molar refractivity (Wildman–Crippen MR) is 107 cm³/mol. The molecule has 0 spiro atoms. The molecule has 1 aromatic heterocycles. The molecule has 8 heteroatoms. The molecule has 3 rings (SSSR count). The van der Waals surface area contributed by atoms with E-state index in [9.17, 15) is 4.79 Å². The molecule has 28 heavy (non-hydrogen) atoms. The Morgan fingerprint density at radius 3 is 2.71 bits per heavy atom. The lowest BCUT2D eigenvalue weighted by atomic mass is 10.2. The second-order valence-electron chi connectivity index (χ2n) is 5.91. The van der Waals surface area contributed by atoms with Crippen molar-refractivity contribution in [2.24, 2.45) is 0 Å². The molecule has 1 heterocycles. The number of carbonyl (C=O) groups excluding carboxylic acids is 1. The summed E-state index contributed by atoms with van der Waals surface area (Å²) in [4.78, 5) is 16.8. The van der Waals surface area contributed by atoms with Crippen molar-refractivity contribution in [3.8, 4) is 22.9 Å². The van der Waals surface area contributed by atoms with Crippen molar-refractivity contribution in [2.45, 2.75) is 26.0 Å². The smallest absolute Gasteiger partial charge is 0.261 e. The van der Waals surface area contributed by atoms with Gasteiger partial charge in [-0.3, -0.25) is 4.79 Å². The number of para-hydroxylation sites is 2. The van der Waals surface area contributed by atoms with E-state index in [0.29, 0.717) is 29.6 Å². The zero-order valence-corrected chi connectivity index (χ0v) is 17.1. The van der Waals surface area contributed by atoms with Crippen LogP contribution in [0.3, 0.4) is 0 Å². The average Bonchev–Trinajstić information content (AvgIpc) is 3.19. The lowest BCUT2D eigenvalue weighted by Gasteiger charge is -2.18. The van der Waals surface area contributed by atoms with E-state index in [1.165, 1.54) is 0 Å². The zero-order valence-electron chi connectivity index (χ0n) is 15.5. The molecule has 0 radical (unpaired) electrons. The van der Waals surface area contributed by atoms with Crippen molar-refractivity contribution >= 4 is 21.8 Å². The molecule has 0 aliphatic rings. The number of nitrogens with zero attached hydrogens (tertiary/aromatic N) is 2. The molecule has 0 bridgehead atoms. The maximum absolute atomic E-state index is 12.5. The molecule has 1 unspecified atom stereocenters. The zero-order chi connectivity index (χ0) is 19.9. The molecule has 1 N–H and O–H groups in total. The van der Waals surface area contributed by atoms with Crippen LogP contribution in [0.2, 0.25) is 0 Å². The molecular formula is C20H20BrN3O4. The van der Waals surface area contributed by atoms with Crippen molar-refractivity contribution in [1.82, 2.24) is 15.5 Å². The number of benzene rings is 2. The van der Waals surface area contributed by atoms with Gasteiger partial charge >= 0.3 is 0 Å². The third-order valence-corrected chi connectivity index (χ3v) is 4.46. The SMILES string of the molecule is CCC(Oc1ccccc1OC)C(=O)NCc1nc(-c2cccc(Br)c2)no1. The van der Waals surface area contributed by atoms with Crippen molar-refractivity contribution in [3.63, 3.8) is 0 Å². The first-order chi connectivity index (χ1) is 13.6. The molecule has 1 amide bonds. The van der Waals surface area contributed by atoms with E-state index in [4.69, 9.17) is 14.0 Å². The van der Waals surface area contributed by atoms with Gasteiger partial charge in [-0.25, -0.2) is 0 Å². The highest BCUT2D eigenvalue weighted by molar-refractivity contribution is 9.10. The Labute approximate surface area is 171 Å². The highest BCUT2D eigenvalue weighted by Gasteiger charge is 2.20. The van der Waals surface area contributed by atoms with Crippen molar-refractivity contribution in [3.05, 3.63) is 58.9 Å². The first-order valence-electron chi connectivity index (χ1n) is 8.76. The molecule has 3 aromatic rings. The maximum atomic E-state index is 12.5. The monoisotopic (exact) mass is 445 g/mol. The number of hydrogen-bond acceptors (Lipinski definition) is 6. The van der Waals surface area contributed by atoms with E-state index in [1.54, 1.807) is 19.2 Å². The van der Waals surface area contributed by atoms with Crippen LogP contribution in [0.15, 0.2) is 57.5 Å². The lowest BCUT2D eigenvalue weighted by Crippen LogP contribution is -2.37.